The van der Waals surface area contributed by atoms with Crippen LogP contribution in [0.1, 0.15) is 27.0 Å². The van der Waals surface area contributed by atoms with Gasteiger partial charge in [0.15, 0.2) is 5.78 Å². The molecule has 0 amide bonds. The summed E-state index contributed by atoms with van der Waals surface area (Å²) in [6.45, 7) is 1.11. The van der Waals surface area contributed by atoms with Gasteiger partial charge in [0.2, 0.25) is 0 Å². The second-order valence-corrected chi connectivity index (χ2v) is 7.21. The molecular formula is C17H16F3NO4S. The zero-order valence-electron chi connectivity index (χ0n) is 13.9. The molecule has 140 valence electrons. The van der Waals surface area contributed by atoms with Crippen LogP contribution in [0.3, 0.4) is 0 Å². The first-order chi connectivity index (χ1) is 12.1. The molecule has 0 heterocycles. The van der Waals surface area contributed by atoms with Crippen molar-refractivity contribution in [3.63, 3.8) is 0 Å². The van der Waals surface area contributed by atoms with E-state index in [2.05, 4.69) is 0 Å². The van der Waals surface area contributed by atoms with Crippen LogP contribution in [0.25, 0.3) is 0 Å². The van der Waals surface area contributed by atoms with Gasteiger partial charge in [0.1, 0.15) is 5.75 Å². The fraction of sp³-hybridized carbons (Fsp3) is 0.235. The lowest BCUT2D eigenvalue weighted by Crippen LogP contribution is -2.36. The first-order valence-corrected chi connectivity index (χ1v) is 8.88. The highest BCUT2D eigenvalue weighted by Gasteiger charge is 2.45. The lowest BCUT2D eigenvalue weighted by Gasteiger charge is -2.15. The van der Waals surface area contributed by atoms with E-state index in [1.54, 1.807) is 24.3 Å². The monoisotopic (exact) mass is 387 g/mol. The summed E-state index contributed by atoms with van der Waals surface area (Å²) < 4.78 is 66.6. The van der Waals surface area contributed by atoms with Crippen LogP contribution in [0.2, 0.25) is 0 Å². The number of carbonyl (C=O) groups excluding carboxylic acids is 1. The fourth-order valence-electron chi connectivity index (χ4n) is 2.26. The van der Waals surface area contributed by atoms with E-state index in [4.69, 9.17) is 4.74 Å². The maximum Gasteiger partial charge on any atom is 0.511 e. The zero-order chi connectivity index (χ0) is 19.5. The Labute approximate surface area is 148 Å². The Balaban J connectivity index is 2.42. The summed E-state index contributed by atoms with van der Waals surface area (Å²) in [5.74, 6) is -0.349. The molecule has 0 aliphatic rings. The van der Waals surface area contributed by atoms with Crippen molar-refractivity contribution < 1.29 is 31.1 Å². The third-order valence-electron chi connectivity index (χ3n) is 3.66. The van der Waals surface area contributed by atoms with E-state index < -0.39 is 27.9 Å². The van der Waals surface area contributed by atoms with Crippen molar-refractivity contribution in [3.05, 3.63) is 64.7 Å². The quantitative estimate of drug-likeness (QED) is 0.773. The summed E-state index contributed by atoms with van der Waals surface area (Å²) in [7, 11) is -4.28. The summed E-state index contributed by atoms with van der Waals surface area (Å²) in [6, 6.07) is 11.0. The highest BCUT2D eigenvalue weighted by molar-refractivity contribution is 7.90. The van der Waals surface area contributed by atoms with Crippen LogP contribution < -0.4 is 9.46 Å². The van der Waals surface area contributed by atoms with Gasteiger partial charge in [-0.3, -0.25) is 4.79 Å². The summed E-state index contributed by atoms with van der Waals surface area (Å²) in [6.07, 6.45) is 0. The number of sulfonamides is 1. The van der Waals surface area contributed by atoms with Gasteiger partial charge < -0.3 is 4.74 Å². The number of nitrogens with one attached hydrogen (secondary N) is 1. The third-order valence-corrected chi connectivity index (χ3v) is 4.79. The normalized spacial score (nSPS) is 12.0. The minimum atomic E-state index is -5.55. The molecule has 2 rings (SSSR count). The summed E-state index contributed by atoms with van der Waals surface area (Å²) in [5.41, 5.74) is -4.11. The highest BCUT2D eigenvalue weighted by Crippen LogP contribution is 2.27. The van der Waals surface area contributed by atoms with Crippen molar-refractivity contribution in [2.75, 3.05) is 7.11 Å². The van der Waals surface area contributed by atoms with Gasteiger partial charge in [-0.25, -0.2) is 13.1 Å². The van der Waals surface area contributed by atoms with E-state index in [0.717, 1.165) is 5.56 Å². The molecule has 26 heavy (non-hydrogen) atoms. The molecule has 0 atom stereocenters. The first kappa shape index (κ1) is 19.9. The predicted molar refractivity (Wildman–Crippen MR) is 89.4 cm³/mol. The van der Waals surface area contributed by atoms with E-state index in [9.17, 15) is 26.4 Å². The molecular weight excluding hydrogens is 371 g/mol. The Hall–Kier alpha value is -2.39. The molecule has 0 aliphatic carbocycles. The van der Waals surface area contributed by atoms with Gasteiger partial charge in [-0.15, -0.1) is 0 Å². The van der Waals surface area contributed by atoms with E-state index in [0.29, 0.717) is 5.56 Å². The Morgan fingerprint density at radius 2 is 1.73 bits per heavy atom. The average Bonchev–Trinajstić information content (AvgIpc) is 2.58. The van der Waals surface area contributed by atoms with Gasteiger partial charge in [-0.05, 0) is 13.0 Å². The molecule has 0 bridgehead atoms. The SMILES string of the molecule is COc1cccc(C(=O)c2ccc(C)cc2)c1CNS(=O)(=O)C(F)(F)F. The molecule has 0 saturated carbocycles. The van der Waals surface area contributed by atoms with Crippen LogP contribution in [-0.2, 0) is 16.6 Å². The smallest absolute Gasteiger partial charge is 0.496 e. The van der Waals surface area contributed by atoms with E-state index in [1.165, 1.54) is 30.0 Å². The van der Waals surface area contributed by atoms with Gasteiger partial charge in [-0.1, -0.05) is 42.0 Å². The summed E-state index contributed by atoms with van der Waals surface area (Å²) >= 11 is 0. The van der Waals surface area contributed by atoms with Crippen LogP contribution in [0.4, 0.5) is 13.2 Å². The van der Waals surface area contributed by atoms with Gasteiger partial charge >= 0.3 is 15.5 Å². The topological polar surface area (TPSA) is 72.5 Å². The van der Waals surface area contributed by atoms with Gasteiger partial charge in [0.05, 0.1) is 7.11 Å². The number of alkyl halides is 3. The number of carbonyl (C=O) groups is 1. The largest absolute Gasteiger partial charge is 0.511 e. The maximum atomic E-state index is 12.7. The predicted octanol–water partition coefficient (Wildman–Crippen LogP) is 3.17. The molecule has 0 fully saturated rings. The van der Waals surface area contributed by atoms with Crippen LogP contribution in [0, 0.1) is 6.92 Å². The number of benzene rings is 2. The Kier molecular flexibility index (Phi) is 5.72. The molecule has 0 saturated heterocycles. The second-order valence-electron chi connectivity index (χ2n) is 5.45. The van der Waals surface area contributed by atoms with Crippen molar-refractivity contribution in [2.24, 2.45) is 0 Å². The molecule has 0 unspecified atom stereocenters. The Morgan fingerprint density at radius 3 is 2.27 bits per heavy atom. The van der Waals surface area contributed by atoms with Crippen LogP contribution in [0.15, 0.2) is 42.5 Å². The van der Waals surface area contributed by atoms with E-state index in [1.807, 2.05) is 6.92 Å². The van der Waals surface area contributed by atoms with Crippen molar-refractivity contribution in [3.8, 4) is 5.75 Å². The fourth-order valence-corrected chi connectivity index (χ4v) is 2.76. The number of halogens is 3. The summed E-state index contributed by atoms with van der Waals surface area (Å²) in [4.78, 5) is 12.7. The average molecular weight is 387 g/mol. The molecule has 0 aromatic heterocycles. The molecule has 0 spiro atoms. The number of aryl methyl sites for hydroxylation is 1. The first-order valence-electron chi connectivity index (χ1n) is 7.40. The van der Waals surface area contributed by atoms with Crippen LogP contribution >= 0.6 is 0 Å². The number of ketones is 1. The van der Waals surface area contributed by atoms with Crippen molar-refractivity contribution in [2.45, 2.75) is 19.0 Å². The zero-order valence-corrected chi connectivity index (χ0v) is 14.7. The number of hydrogen-bond acceptors (Lipinski definition) is 4. The van der Waals surface area contributed by atoms with Gasteiger partial charge in [0, 0.05) is 23.2 Å². The van der Waals surface area contributed by atoms with Gasteiger partial charge in [-0.2, -0.15) is 13.2 Å². The third kappa shape index (κ3) is 4.23. The summed E-state index contributed by atoms with van der Waals surface area (Å²) in [5, 5.41) is 0. The Morgan fingerprint density at radius 1 is 1.12 bits per heavy atom. The number of hydrogen-bond donors (Lipinski definition) is 1. The Bertz CT molecular complexity index is 907. The molecule has 2 aromatic rings. The number of methoxy groups -OCH3 is 1. The van der Waals surface area contributed by atoms with Crippen LogP contribution in [0.5, 0.6) is 5.75 Å². The van der Waals surface area contributed by atoms with E-state index >= 15 is 0 Å². The molecule has 1 N–H and O–H groups in total. The van der Waals surface area contributed by atoms with Crippen molar-refractivity contribution in [1.82, 2.24) is 4.72 Å². The number of ether oxygens (including phenoxy) is 1. The number of rotatable bonds is 6. The molecule has 9 heteroatoms. The van der Waals surface area contributed by atoms with Crippen molar-refractivity contribution >= 4 is 15.8 Å². The molecule has 0 radical (unpaired) electrons. The molecule has 0 aliphatic heterocycles. The second kappa shape index (κ2) is 7.46. The minimum Gasteiger partial charge on any atom is -0.496 e. The standard InChI is InChI=1S/C17H16F3NO4S/c1-11-6-8-12(9-7-11)16(22)13-4-3-5-15(25-2)14(13)10-21-26(23,24)17(18,19)20/h3-9,21H,10H2,1-2H3. The highest BCUT2D eigenvalue weighted by atomic mass is 32.2. The molecule has 2 aromatic carbocycles. The lowest BCUT2D eigenvalue weighted by atomic mass is 9.97. The minimum absolute atomic E-state index is 0.0217. The van der Waals surface area contributed by atoms with Gasteiger partial charge in [0.25, 0.3) is 0 Å². The maximum absolute atomic E-state index is 12.7. The van der Waals surface area contributed by atoms with Crippen LogP contribution in [-0.4, -0.2) is 26.8 Å². The van der Waals surface area contributed by atoms with E-state index in [-0.39, 0.29) is 16.9 Å². The van der Waals surface area contributed by atoms with Crippen molar-refractivity contribution in [1.29, 1.82) is 0 Å². The lowest BCUT2D eigenvalue weighted by molar-refractivity contribution is -0.0448. The molecule has 5 nitrogen and oxygen atoms in total.